The van der Waals surface area contributed by atoms with Gasteiger partial charge in [-0.15, -0.1) is 0 Å². The molecule has 1 fully saturated rings. The van der Waals surface area contributed by atoms with Crippen molar-refractivity contribution in [2.24, 2.45) is 5.92 Å². The molecule has 0 bridgehead atoms. The first-order valence-corrected chi connectivity index (χ1v) is 5.70. The highest BCUT2D eigenvalue weighted by Crippen LogP contribution is 2.18. The van der Waals surface area contributed by atoms with Crippen molar-refractivity contribution in [3.8, 4) is 0 Å². The van der Waals surface area contributed by atoms with Crippen LogP contribution in [0.2, 0.25) is 0 Å². The van der Waals surface area contributed by atoms with Gasteiger partial charge in [0, 0.05) is 18.7 Å². The van der Waals surface area contributed by atoms with Gasteiger partial charge in [0.05, 0.1) is 6.10 Å². The van der Waals surface area contributed by atoms with Crippen molar-refractivity contribution in [3.63, 3.8) is 0 Å². The molecule has 0 saturated carbocycles. The average Bonchev–Trinajstić information content (AvgIpc) is 2.21. The van der Waals surface area contributed by atoms with Crippen LogP contribution in [0, 0.1) is 5.92 Å². The lowest BCUT2D eigenvalue weighted by atomic mass is 9.95. The molecule has 0 aliphatic carbocycles. The molecule has 1 N–H and O–H groups in total. The van der Waals surface area contributed by atoms with E-state index in [0.717, 1.165) is 25.0 Å². The van der Waals surface area contributed by atoms with Gasteiger partial charge >= 0.3 is 0 Å². The zero-order valence-electron chi connectivity index (χ0n) is 9.86. The number of carbonyl (C=O) groups is 1. The van der Waals surface area contributed by atoms with Crippen molar-refractivity contribution in [2.75, 3.05) is 13.1 Å². The highest BCUT2D eigenvalue weighted by atomic mass is 16.3. The standard InChI is InChI=1S/C12H21NO2/c1-4-5-10(3)12(15)13-7-6-9(2)11(14)8-13/h5,9,11,14H,4,6-8H2,1-3H3/b10-5-. The third-order valence-corrected chi connectivity index (χ3v) is 3.05. The number of β-amino-alcohol motifs (C(OH)–C–C–N with tert-alkyl or cyclic N) is 1. The van der Waals surface area contributed by atoms with E-state index >= 15 is 0 Å². The third kappa shape index (κ3) is 3.06. The summed E-state index contributed by atoms with van der Waals surface area (Å²) in [6.45, 7) is 7.14. The molecule has 0 aromatic heterocycles. The number of allylic oxidation sites excluding steroid dienone is 1. The Bertz CT molecular complexity index is 260. The predicted molar refractivity (Wildman–Crippen MR) is 60.4 cm³/mol. The summed E-state index contributed by atoms with van der Waals surface area (Å²) in [6.07, 6.45) is 3.35. The van der Waals surface area contributed by atoms with Gasteiger partial charge in [0.1, 0.15) is 0 Å². The molecular formula is C12H21NO2. The van der Waals surface area contributed by atoms with Crippen LogP contribution in [0.1, 0.15) is 33.6 Å². The quantitative estimate of drug-likeness (QED) is 0.704. The fraction of sp³-hybridized carbons (Fsp3) is 0.750. The SMILES string of the molecule is CC/C=C(/C)C(=O)N1CCC(C)C(O)C1. The van der Waals surface area contributed by atoms with Crippen LogP contribution < -0.4 is 0 Å². The Balaban J connectivity index is 2.58. The smallest absolute Gasteiger partial charge is 0.249 e. The van der Waals surface area contributed by atoms with Gasteiger partial charge in [-0.25, -0.2) is 0 Å². The molecule has 3 heteroatoms. The summed E-state index contributed by atoms with van der Waals surface area (Å²) < 4.78 is 0. The number of amides is 1. The maximum atomic E-state index is 11.9. The normalized spacial score (nSPS) is 28.0. The fourth-order valence-electron chi connectivity index (χ4n) is 1.88. The topological polar surface area (TPSA) is 40.5 Å². The molecule has 1 aliphatic rings. The predicted octanol–water partition coefficient (Wildman–Crippen LogP) is 1.57. The lowest BCUT2D eigenvalue weighted by molar-refractivity contribution is -0.131. The van der Waals surface area contributed by atoms with Gasteiger partial charge in [-0.05, 0) is 25.7 Å². The number of carbonyl (C=O) groups excluding carboxylic acids is 1. The number of hydrogen-bond acceptors (Lipinski definition) is 2. The van der Waals surface area contributed by atoms with Gasteiger partial charge in [-0.2, -0.15) is 0 Å². The van der Waals surface area contributed by atoms with Gasteiger partial charge in [-0.3, -0.25) is 4.79 Å². The fourth-order valence-corrected chi connectivity index (χ4v) is 1.88. The second kappa shape index (κ2) is 5.31. The zero-order valence-corrected chi connectivity index (χ0v) is 9.86. The number of piperidine rings is 1. The van der Waals surface area contributed by atoms with Gasteiger partial charge in [0.25, 0.3) is 0 Å². The summed E-state index contributed by atoms with van der Waals surface area (Å²) in [5.74, 6) is 0.382. The lowest BCUT2D eigenvalue weighted by Gasteiger charge is -2.34. The van der Waals surface area contributed by atoms with Crippen molar-refractivity contribution >= 4 is 5.91 Å². The summed E-state index contributed by atoms with van der Waals surface area (Å²) in [7, 11) is 0. The molecule has 2 atom stereocenters. The number of aliphatic hydroxyl groups excluding tert-OH is 1. The molecule has 1 amide bonds. The molecule has 1 rings (SSSR count). The van der Waals surface area contributed by atoms with E-state index in [-0.39, 0.29) is 12.0 Å². The van der Waals surface area contributed by atoms with Crippen LogP contribution in [0.25, 0.3) is 0 Å². The van der Waals surface area contributed by atoms with E-state index in [1.807, 2.05) is 26.8 Å². The molecule has 0 radical (unpaired) electrons. The molecular weight excluding hydrogens is 190 g/mol. The van der Waals surface area contributed by atoms with E-state index in [0.29, 0.717) is 12.5 Å². The number of rotatable bonds is 2. The Kier molecular flexibility index (Phi) is 4.33. The maximum Gasteiger partial charge on any atom is 0.249 e. The van der Waals surface area contributed by atoms with Crippen LogP contribution in [0.15, 0.2) is 11.6 Å². The molecule has 0 aromatic rings. The minimum atomic E-state index is -0.364. The Labute approximate surface area is 91.8 Å². The second-order valence-electron chi connectivity index (χ2n) is 4.38. The highest BCUT2D eigenvalue weighted by Gasteiger charge is 2.27. The van der Waals surface area contributed by atoms with Crippen molar-refractivity contribution in [1.29, 1.82) is 0 Å². The minimum absolute atomic E-state index is 0.0720. The summed E-state index contributed by atoms with van der Waals surface area (Å²) in [4.78, 5) is 13.6. The van der Waals surface area contributed by atoms with E-state index in [9.17, 15) is 9.90 Å². The zero-order chi connectivity index (χ0) is 11.4. The average molecular weight is 211 g/mol. The molecule has 0 aromatic carbocycles. The summed E-state index contributed by atoms with van der Waals surface area (Å²) in [5.41, 5.74) is 0.791. The number of hydrogen-bond donors (Lipinski definition) is 1. The first kappa shape index (κ1) is 12.2. The van der Waals surface area contributed by atoms with Crippen LogP contribution in [-0.4, -0.2) is 35.1 Å². The van der Waals surface area contributed by atoms with Gasteiger partial charge in [0.2, 0.25) is 5.91 Å². The van der Waals surface area contributed by atoms with Crippen LogP contribution in [0.5, 0.6) is 0 Å². The summed E-state index contributed by atoms with van der Waals surface area (Å²) >= 11 is 0. The van der Waals surface area contributed by atoms with E-state index in [1.165, 1.54) is 0 Å². The molecule has 2 unspecified atom stereocenters. The Morgan fingerprint density at radius 1 is 1.60 bits per heavy atom. The van der Waals surface area contributed by atoms with Crippen molar-refractivity contribution in [1.82, 2.24) is 4.90 Å². The van der Waals surface area contributed by atoms with Crippen molar-refractivity contribution in [2.45, 2.75) is 39.7 Å². The molecule has 1 saturated heterocycles. The van der Waals surface area contributed by atoms with Gasteiger partial charge in [0.15, 0.2) is 0 Å². The van der Waals surface area contributed by atoms with Crippen LogP contribution in [0.4, 0.5) is 0 Å². The number of nitrogens with zero attached hydrogens (tertiary/aromatic N) is 1. The molecule has 1 aliphatic heterocycles. The van der Waals surface area contributed by atoms with Crippen LogP contribution in [0.3, 0.4) is 0 Å². The second-order valence-corrected chi connectivity index (χ2v) is 4.38. The third-order valence-electron chi connectivity index (χ3n) is 3.05. The number of likely N-dealkylation sites (tertiary alicyclic amines) is 1. The highest BCUT2D eigenvalue weighted by molar-refractivity contribution is 5.92. The largest absolute Gasteiger partial charge is 0.391 e. The molecule has 15 heavy (non-hydrogen) atoms. The Hall–Kier alpha value is -0.830. The van der Waals surface area contributed by atoms with E-state index in [2.05, 4.69) is 0 Å². The number of aliphatic hydroxyl groups is 1. The molecule has 86 valence electrons. The van der Waals surface area contributed by atoms with E-state index in [4.69, 9.17) is 0 Å². The summed E-state index contributed by atoms with van der Waals surface area (Å²) in [5, 5.41) is 9.70. The van der Waals surface area contributed by atoms with Crippen LogP contribution >= 0.6 is 0 Å². The maximum absolute atomic E-state index is 11.9. The minimum Gasteiger partial charge on any atom is -0.391 e. The molecule has 1 heterocycles. The van der Waals surface area contributed by atoms with E-state index < -0.39 is 0 Å². The monoisotopic (exact) mass is 211 g/mol. The first-order valence-electron chi connectivity index (χ1n) is 5.70. The van der Waals surface area contributed by atoms with Gasteiger partial charge < -0.3 is 10.0 Å². The van der Waals surface area contributed by atoms with Gasteiger partial charge in [-0.1, -0.05) is 19.9 Å². The Morgan fingerprint density at radius 3 is 2.80 bits per heavy atom. The van der Waals surface area contributed by atoms with Crippen molar-refractivity contribution in [3.05, 3.63) is 11.6 Å². The molecule has 0 spiro atoms. The lowest BCUT2D eigenvalue weighted by Crippen LogP contribution is -2.46. The van der Waals surface area contributed by atoms with E-state index in [1.54, 1.807) is 4.90 Å². The first-order chi connectivity index (χ1) is 7.06. The van der Waals surface area contributed by atoms with Crippen LogP contribution in [-0.2, 0) is 4.79 Å². The molecule has 3 nitrogen and oxygen atoms in total. The Morgan fingerprint density at radius 2 is 2.27 bits per heavy atom. The summed E-state index contributed by atoms with van der Waals surface area (Å²) in [6, 6.07) is 0. The van der Waals surface area contributed by atoms with Crippen molar-refractivity contribution < 1.29 is 9.90 Å².